The third kappa shape index (κ3) is 4.68. The van der Waals surface area contributed by atoms with Crippen LogP contribution in [0, 0.1) is 0 Å². The molecular formula is C17H18ClNO2S. The van der Waals surface area contributed by atoms with Crippen LogP contribution >= 0.6 is 11.6 Å². The molecule has 0 saturated carbocycles. The number of carbonyl (C=O) groups is 1. The molecule has 2 aromatic carbocycles. The Morgan fingerprint density at radius 2 is 1.77 bits per heavy atom. The molecule has 2 atom stereocenters. The van der Waals surface area contributed by atoms with E-state index in [2.05, 4.69) is 5.32 Å². The van der Waals surface area contributed by atoms with Gasteiger partial charge in [0.1, 0.15) is 5.25 Å². The number of carbonyl (C=O) groups excluding carboxylic acids is 1. The van der Waals surface area contributed by atoms with Crippen molar-refractivity contribution in [1.29, 1.82) is 0 Å². The average molecular weight is 336 g/mol. The fraction of sp³-hybridized carbons (Fsp3) is 0.235. The minimum atomic E-state index is -1.31. The van der Waals surface area contributed by atoms with Crippen LogP contribution in [0.2, 0.25) is 5.02 Å². The molecule has 0 aromatic heterocycles. The van der Waals surface area contributed by atoms with E-state index in [0.29, 0.717) is 11.6 Å². The molecule has 116 valence electrons. The van der Waals surface area contributed by atoms with Crippen LogP contribution in [0.15, 0.2) is 54.6 Å². The Morgan fingerprint density at radius 3 is 2.45 bits per heavy atom. The second-order valence-electron chi connectivity index (χ2n) is 4.96. The number of rotatable bonds is 6. The van der Waals surface area contributed by atoms with Gasteiger partial charge in [-0.3, -0.25) is 9.00 Å². The Balaban J connectivity index is 1.90. The molecule has 0 unspecified atom stereocenters. The van der Waals surface area contributed by atoms with Crippen molar-refractivity contribution >= 4 is 28.3 Å². The Labute approximate surface area is 138 Å². The van der Waals surface area contributed by atoms with E-state index in [-0.39, 0.29) is 11.7 Å². The van der Waals surface area contributed by atoms with E-state index in [1.54, 1.807) is 13.0 Å². The Bertz CT molecular complexity index is 661. The molecular weight excluding hydrogens is 318 g/mol. The second-order valence-corrected chi connectivity index (χ2v) is 7.13. The molecule has 0 aliphatic rings. The van der Waals surface area contributed by atoms with E-state index in [9.17, 15) is 9.00 Å². The van der Waals surface area contributed by atoms with Crippen LogP contribution in [-0.2, 0) is 27.9 Å². The van der Waals surface area contributed by atoms with Crippen LogP contribution in [0.4, 0.5) is 0 Å². The molecule has 0 spiro atoms. The monoisotopic (exact) mass is 335 g/mol. The van der Waals surface area contributed by atoms with Crippen LogP contribution in [0.25, 0.3) is 0 Å². The zero-order valence-electron chi connectivity index (χ0n) is 12.3. The quantitative estimate of drug-likeness (QED) is 0.880. The lowest BCUT2D eigenvalue weighted by Crippen LogP contribution is -2.35. The minimum absolute atomic E-state index is 0.214. The highest BCUT2D eigenvalue weighted by Gasteiger charge is 2.20. The van der Waals surface area contributed by atoms with Crippen molar-refractivity contribution in [2.24, 2.45) is 0 Å². The van der Waals surface area contributed by atoms with Gasteiger partial charge in [-0.25, -0.2) is 0 Å². The van der Waals surface area contributed by atoms with Crippen molar-refractivity contribution in [2.75, 3.05) is 0 Å². The summed E-state index contributed by atoms with van der Waals surface area (Å²) in [6, 6.07) is 16.9. The number of nitrogens with one attached hydrogen (secondary N) is 1. The van der Waals surface area contributed by atoms with E-state index in [4.69, 9.17) is 11.6 Å². The van der Waals surface area contributed by atoms with Gasteiger partial charge >= 0.3 is 0 Å². The maximum absolute atomic E-state index is 12.3. The van der Waals surface area contributed by atoms with Crippen LogP contribution in [0.1, 0.15) is 18.1 Å². The van der Waals surface area contributed by atoms with Gasteiger partial charge in [-0.2, -0.15) is 0 Å². The number of hydrogen-bond donors (Lipinski definition) is 1. The third-order valence-corrected chi connectivity index (χ3v) is 5.30. The largest absolute Gasteiger partial charge is 0.351 e. The maximum Gasteiger partial charge on any atom is 0.235 e. The predicted octanol–water partition coefficient (Wildman–Crippen LogP) is 3.29. The summed E-state index contributed by atoms with van der Waals surface area (Å²) in [5, 5.41) is 2.81. The first-order valence-electron chi connectivity index (χ1n) is 7.00. The van der Waals surface area contributed by atoms with E-state index < -0.39 is 16.0 Å². The van der Waals surface area contributed by atoms with Gasteiger partial charge in [0.2, 0.25) is 5.91 Å². The number of halogens is 1. The summed E-state index contributed by atoms with van der Waals surface area (Å²) >= 11 is 6.06. The molecule has 1 N–H and O–H groups in total. The van der Waals surface area contributed by atoms with E-state index in [1.807, 2.05) is 48.5 Å². The predicted molar refractivity (Wildman–Crippen MR) is 91.0 cm³/mol. The van der Waals surface area contributed by atoms with E-state index >= 15 is 0 Å². The molecule has 22 heavy (non-hydrogen) atoms. The van der Waals surface area contributed by atoms with Gasteiger partial charge in [0, 0.05) is 22.4 Å². The van der Waals surface area contributed by atoms with Crippen LogP contribution < -0.4 is 5.32 Å². The van der Waals surface area contributed by atoms with E-state index in [1.165, 1.54) is 0 Å². The number of amides is 1. The maximum atomic E-state index is 12.3. The summed E-state index contributed by atoms with van der Waals surface area (Å²) in [4.78, 5) is 12.1. The van der Waals surface area contributed by atoms with Crippen LogP contribution in [0.5, 0.6) is 0 Å². The van der Waals surface area contributed by atoms with Crippen molar-refractivity contribution < 1.29 is 9.00 Å². The summed E-state index contributed by atoms with van der Waals surface area (Å²) in [5.41, 5.74) is 1.81. The molecule has 2 aromatic rings. The van der Waals surface area contributed by atoms with E-state index in [0.717, 1.165) is 11.1 Å². The van der Waals surface area contributed by atoms with Gasteiger partial charge in [-0.15, -0.1) is 0 Å². The Morgan fingerprint density at radius 1 is 1.14 bits per heavy atom. The van der Waals surface area contributed by atoms with Crippen molar-refractivity contribution in [1.82, 2.24) is 5.32 Å². The summed E-state index contributed by atoms with van der Waals surface area (Å²) < 4.78 is 12.3. The first kappa shape index (κ1) is 16.7. The van der Waals surface area contributed by atoms with Gasteiger partial charge in [0.15, 0.2) is 0 Å². The topological polar surface area (TPSA) is 46.2 Å². The average Bonchev–Trinajstić information content (AvgIpc) is 2.55. The standard InChI is InChI=1S/C17H18ClNO2S/c1-13(17(20)19-11-14-7-3-2-4-8-14)22(21)12-15-9-5-6-10-16(15)18/h2-10,13H,11-12H2,1H3,(H,19,20)/t13-,22-/m1/s1. The highest BCUT2D eigenvalue weighted by atomic mass is 35.5. The number of hydrogen-bond acceptors (Lipinski definition) is 2. The van der Waals surface area contributed by atoms with Crippen molar-refractivity contribution in [3.8, 4) is 0 Å². The molecule has 5 heteroatoms. The lowest BCUT2D eigenvalue weighted by Gasteiger charge is -2.13. The van der Waals surface area contributed by atoms with Gasteiger partial charge in [0.05, 0.1) is 5.75 Å². The zero-order valence-corrected chi connectivity index (χ0v) is 13.9. The molecule has 1 amide bonds. The van der Waals surface area contributed by atoms with Gasteiger partial charge in [0.25, 0.3) is 0 Å². The summed E-state index contributed by atoms with van der Waals surface area (Å²) in [5.74, 6) is 0.0637. The first-order chi connectivity index (χ1) is 10.6. The van der Waals surface area contributed by atoms with Gasteiger partial charge in [-0.05, 0) is 24.1 Å². The molecule has 0 radical (unpaired) electrons. The molecule has 0 aliphatic carbocycles. The summed E-state index contributed by atoms with van der Waals surface area (Å²) in [6.07, 6.45) is 0. The smallest absolute Gasteiger partial charge is 0.235 e. The highest BCUT2D eigenvalue weighted by Crippen LogP contribution is 2.18. The van der Waals surface area contributed by atoms with Crippen molar-refractivity contribution in [3.63, 3.8) is 0 Å². The molecule has 0 fully saturated rings. The lowest BCUT2D eigenvalue weighted by atomic mass is 10.2. The highest BCUT2D eigenvalue weighted by molar-refractivity contribution is 7.85. The SMILES string of the molecule is C[C@H](C(=O)NCc1ccccc1)[S@](=O)Cc1ccccc1Cl. The lowest BCUT2D eigenvalue weighted by molar-refractivity contribution is -0.120. The second kappa shape index (κ2) is 8.11. The summed E-state index contributed by atoms with van der Waals surface area (Å²) in [6.45, 7) is 2.11. The zero-order chi connectivity index (χ0) is 15.9. The Kier molecular flexibility index (Phi) is 6.16. The Hall–Kier alpha value is -1.65. The molecule has 0 saturated heterocycles. The van der Waals surface area contributed by atoms with Crippen molar-refractivity contribution in [3.05, 3.63) is 70.7 Å². The molecule has 0 aliphatic heterocycles. The fourth-order valence-corrected chi connectivity index (χ4v) is 3.35. The molecule has 0 heterocycles. The fourth-order valence-electron chi connectivity index (χ4n) is 1.94. The van der Waals surface area contributed by atoms with Crippen LogP contribution in [0.3, 0.4) is 0 Å². The molecule has 2 rings (SSSR count). The minimum Gasteiger partial charge on any atom is -0.351 e. The molecule has 0 bridgehead atoms. The van der Waals surface area contributed by atoms with Gasteiger partial charge < -0.3 is 5.32 Å². The van der Waals surface area contributed by atoms with Gasteiger partial charge in [-0.1, -0.05) is 60.1 Å². The normalized spacial score (nSPS) is 13.4. The summed E-state index contributed by atoms with van der Waals surface area (Å²) in [7, 11) is -1.31. The van der Waals surface area contributed by atoms with Crippen molar-refractivity contribution in [2.45, 2.75) is 24.5 Å². The molecule has 3 nitrogen and oxygen atoms in total. The number of benzene rings is 2. The van der Waals surface area contributed by atoms with Crippen LogP contribution in [-0.4, -0.2) is 15.4 Å². The third-order valence-electron chi connectivity index (χ3n) is 3.33. The first-order valence-corrected chi connectivity index (χ1v) is 8.76.